The highest BCUT2D eigenvalue weighted by atomic mass is 16.5. The molecule has 0 aromatic carbocycles. The van der Waals surface area contributed by atoms with Crippen molar-refractivity contribution in [3.8, 4) is 0 Å². The van der Waals surface area contributed by atoms with Crippen molar-refractivity contribution in [1.82, 2.24) is 24.7 Å². The van der Waals surface area contributed by atoms with Crippen molar-refractivity contribution >= 4 is 5.91 Å². The van der Waals surface area contributed by atoms with Gasteiger partial charge in [0, 0.05) is 38.8 Å². The maximum absolute atomic E-state index is 13.3. The molecule has 1 aromatic rings. The summed E-state index contributed by atoms with van der Waals surface area (Å²) in [5.41, 5.74) is 2.84. The van der Waals surface area contributed by atoms with Gasteiger partial charge < -0.3 is 19.4 Å². The van der Waals surface area contributed by atoms with E-state index in [9.17, 15) is 4.79 Å². The van der Waals surface area contributed by atoms with Gasteiger partial charge in [0.2, 0.25) is 0 Å². The standard InChI is InChI=1S/C34H57N5O2/c1-5-7-8-29-24-37(23-28-9-11-31(12-10-28)41-6-2)20-15-34(29)16-21-38(22-17-34)30-13-18-39(19-14-30)33(40)32-26(3)35-25-36-27(32)4/h25,28-31H,5-24H2,1-4H3. The van der Waals surface area contributed by atoms with Gasteiger partial charge in [-0.15, -0.1) is 0 Å². The van der Waals surface area contributed by atoms with E-state index in [-0.39, 0.29) is 5.91 Å². The average molecular weight is 568 g/mol. The van der Waals surface area contributed by atoms with Crippen LogP contribution in [-0.4, -0.2) is 95.1 Å². The number of piperidine rings is 3. The van der Waals surface area contributed by atoms with Crippen molar-refractivity contribution in [3.05, 3.63) is 23.3 Å². The van der Waals surface area contributed by atoms with Crippen molar-refractivity contribution in [2.45, 2.75) is 117 Å². The van der Waals surface area contributed by atoms with Crippen LogP contribution in [0.2, 0.25) is 0 Å². The first-order chi connectivity index (χ1) is 19.9. The van der Waals surface area contributed by atoms with Crippen LogP contribution in [0.15, 0.2) is 6.33 Å². The molecule has 1 aromatic heterocycles. The largest absolute Gasteiger partial charge is 0.379 e. The number of hydrogen-bond acceptors (Lipinski definition) is 6. The summed E-state index contributed by atoms with van der Waals surface area (Å²) >= 11 is 0. The van der Waals surface area contributed by atoms with Gasteiger partial charge in [-0.05, 0) is 122 Å². The summed E-state index contributed by atoms with van der Waals surface area (Å²) in [6.07, 6.45) is 17.7. The molecular weight excluding hydrogens is 510 g/mol. The lowest BCUT2D eigenvalue weighted by atomic mass is 9.62. The number of likely N-dealkylation sites (tertiary alicyclic amines) is 3. The molecule has 1 amide bonds. The van der Waals surface area contributed by atoms with Gasteiger partial charge in [-0.1, -0.05) is 19.8 Å². The first-order valence-electron chi connectivity index (χ1n) is 17.1. The Kier molecular flexibility index (Phi) is 10.7. The quantitative estimate of drug-likeness (QED) is 0.371. The number of aryl methyl sites for hydroxylation is 2. The molecule has 1 aliphatic carbocycles. The Labute approximate surface area is 249 Å². The van der Waals surface area contributed by atoms with E-state index < -0.39 is 0 Å². The second-order valence-corrected chi connectivity index (χ2v) is 13.8. The monoisotopic (exact) mass is 567 g/mol. The van der Waals surface area contributed by atoms with E-state index in [1.54, 1.807) is 6.33 Å². The molecule has 4 aliphatic rings. The number of carbonyl (C=O) groups excluding carboxylic acids is 1. The minimum atomic E-state index is 0.115. The van der Waals surface area contributed by atoms with E-state index in [0.29, 0.717) is 23.1 Å². The summed E-state index contributed by atoms with van der Waals surface area (Å²) in [5, 5.41) is 0. The number of amides is 1. The zero-order chi connectivity index (χ0) is 28.8. The number of hydrogen-bond donors (Lipinski definition) is 0. The van der Waals surface area contributed by atoms with E-state index >= 15 is 0 Å². The summed E-state index contributed by atoms with van der Waals surface area (Å²) < 4.78 is 5.91. The Hall–Kier alpha value is -1.57. The minimum Gasteiger partial charge on any atom is -0.379 e. The summed E-state index contributed by atoms with van der Waals surface area (Å²) in [7, 11) is 0. The van der Waals surface area contributed by atoms with Crippen LogP contribution in [0.25, 0.3) is 0 Å². The number of carbonyl (C=O) groups is 1. The lowest BCUT2D eigenvalue weighted by Crippen LogP contribution is -2.55. The summed E-state index contributed by atoms with van der Waals surface area (Å²) in [6, 6.07) is 0.617. The van der Waals surface area contributed by atoms with Crippen LogP contribution in [0.3, 0.4) is 0 Å². The Morgan fingerprint density at radius 1 is 0.927 bits per heavy atom. The molecule has 4 heterocycles. The second kappa shape index (κ2) is 14.3. The van der Waals surface area contributed by atoms with Crippen LogP contribution < -0.4 is 0 Å². The topological polar surface area (TPSA) is 61.8 Å². The molecule has 0 radical (unpaired) electrons. The van der Waals surface area contributed by atoms with Crippen molar-refractivity contribution in [3.63, 3.8) is 0 Å². The smallest absolute Gasteiger partial charge is 0.257 e. The van der Waals surface area contributed by atoms with Crippen LogP contribution in [-0.2, 0) is 4.74 Å². The number of ether oxygens (including phenoxy) is 1. The first-order valence-corrected chi connectivity index (χ1v) is 17.1. The number of aromatic nitrogens is 2. The predicted octanol–water partition coefficient (Wildman–Crippen LogP) is 5.89. The zero-order valence-corrected chi connectivity index (χ0v) is 26.6. The average Bonchev–Trinajstić information content (AvgIpc) is 2.99. The second-order valence-electron chi connectivity index (χ2n) is 13.8. The molecule has 0 N–H and O–H groups in total. The molecule has 230 valence electrons. The molecule has 7 nitrogen and oxygen atoms in total. The molecule has 7 heteroatoms. The fourth-order valence-corrected chi connectivity index (χ4v) is 8.76. The van der Waals surface area contributed by atoms with E-state index in [1.165, 1.54) is 96.9 Å². The highest BCUT2D eigenvalue weighted by molar-refractivity contribution is 5.96. The van der Waals surface area contributed by atoms with Crippen LogP contribution in [0, 0.1) is 31.1 Å². The summed E-state index contributed by atoms with van der Waals surface area (Å²) in [4.78, 5) is 29.5. The predicted molar refractivity (Wildman–Crippen MR) is 165 cm³/mol. The van der Waals surface area contributed by atoms with Crippen LogP contribution in [0.1, 0.15) is 113 Å². The maximum atomic E-state index is 13.3. The van der Waals surface area contributed by atoms with Crippen molar-refractivity contribution in [2.75, 3.05) is 52.4 Å². The van der Waals surface area contributed by atoms with Crippen molar-refractivity contribution in [1.29, 1.82) is 0 Å². The van der Waals surface area contributed by atoms with E-state index in [0.717, 1.165) is 55.8 Å². The summed E-state index contributed by atoms with van der Waals surface area (Å²) in [5.74, 6) is 1.84. The van der Waals surface area contributed by atoms with Gasteiger partial charge in [0.1, 0.15) is 6.33 Å². The highest BCUT2D eigenvalue weighted by Crippen LogP contribution is 2.48. The number of rotatable bonds is 9. The van der Waals surface area contributed by atoms with Gasteiger partial charge in [-0.2, -0.15) is 0 Å². The molecule has 1 unspecified atom stereocenters. The molecule has 0 bridgehead atoms. The van der Waals surface area contributed by atoms with Gasteiger partial charge >= 0.3 is 0 Å². The van der Waals surface area contributed by atoms with E-state index in [1.807, 2.05) is 18.7 Å². The van der Waals surface area contributed by atoms with Gasteiger partial charge in [0.15, 0.2) is 0 Å². The van der Waals surface area contributed by atoms with E-state index in [2.05, 4.69) is 33.6 Å². The molecule has 1 spiro atoms. The van der Waals surface area contributed by atoms with Crippen LogP contribution in [0.5, 0.6) is 0 Å². The maximum Gasteiger partial charge on any atom is 0.257 e. The van der Waals surface area contributed by atoms with Gasteiger partial charge in [0.25, 0.3) is 5.91 Å². The van der Waals surface area contributed by atoms with Crippen LogP contribution in [0.4, 0.5) is 0 Å². The van der Waals surface area contributed by atoms with E-state index in [4.69, 9.17) is 4.74 Å². The molecule has 41 heavy (non-hydrogen) atoms. The van der Waals surface area contributed by atoms with Gasteiger partial charge in [-0.3, -0.25) is 4.79 Å². The van der Waals surface area contributed by atoms with Crippen molar-refractivity contribution < 1.29 is 9.53 Å². The van der Waals surface area contributed by atoms with Crippen LogP contribution >= 0.6 is 0 Å². The lowest BCUT2D eigenvalue weighted by Gasteiger charge is -2.54. The number of unbranched alkanes of at least 4 members (excludes halogenated alkanes) is 1. The summed E-state index contributed by atoms with van der Waals surface area (Å²) in [6.45, 7) is 17.3. The molecule has 3 saturated heterocycles. The Bertz CT molecular complexity index is 957. The third-order valence-electron chi connectivity index (χ3n) is 11.4. The molecular formula is C34H57N5O2. The third-order valence-corrected chi connectivity index (χ3v) is 11.4. The van der Waals surface area contributed by atoms with Crippen molar-refractivity contribution in [2.24, 2.45) is 17.3 Å². The molecule has 5 rings (SSSR count). The fraction of sp³-hybridized carbons (Fsp3) is 0.853. The SMILES string of the molecule is CCCCC1CN(CC2CCC(OCC)CC2)CCC12CCN(C1CCN(C(=O)c3c(C)ncnc3C)CC1)CC2. The lowest BCUT2D eigenvalue weighted by molar-refractivity contribution is -0.0440. The Balaban J connectivity index is 1.11. The normalized spacial score (nSPS) is 28.3. The Morgan fingerprint density at radius 2 is 1.59 bits per heavy atom. The fourth-order valence-electron chi connectivity index (χ4n) is 8.76. The third kappa shape index (κ3) is 7.33. The molecule has 1 saturated carbocycles. The molecule has 4 fully saturated rings. The minimum absolute atomic E-state index is 0.115. The molecule has 1 atom stereocenters. The Morgan fingerprint density at radius 3 is 2.22 bits per heavy atom. The molecule has 3 aliphatic heterocycles. The first kappa shape index (κ1) is 30.9. The number of nitrogens with zero attached hydrogens (tertiary/aromatic N) is 5. The van der Waals surface area contributed by atoms with Gasteiger partial charge in [-0.25, -0.2) is 9.97 Å². The zero-order valence-electron chi connectivity index (χ0n) is 26.6. The van der Waals surface area contributed by atoms with Gasteiger partial charge in [0.05, 0.1) is 23.1 Å². The highest BCUT2D eigenvalue weighted by Gasteiger charge is 2.45.